The molecule has 3 rings (SSSR count). The summed E-state index contributed by atoms with van der Waals surface area (Å²) in [5.74, 6) is -0.221. The van der Waals surface area contributed by atoms with Crippen molar-refractivity contribution >= 4 is 0 Å². The zero-order valence-corrected chi connectivity index (χ0v) is 18.4. The average Bonchev–Trinajstić information content (AvgIpc) is 3.29. The molecule has 0 aliphatic carbocycles. The topological polar surface area (TPSA) is 30.7 Å². The molecule has 0 aliphatic heterocycles. The molecule has 1 atom stereocenters. The zero-order chi connectivity index (χ0) is 21.9. The number of hydrogen-bond acceptors (Lipinski definition) is 2. The summed E-state index contributed by atoms with van der Waals surface area (Å²) in [7, 11) is 0. The number of rotatable bonds is 13. The largest absolute Gasteiger partial charge is 0.253 e. The van der Waals surface area contributed by atoms with Crippen LogP contribution in [0.15, 0.2) is 61.2 Å². The number of hydrogen-bond donors (Lipinski definition) is 0. The molecule has 5 heteroatoms. The second-order valence-corrected chi connectivity index (χ2v) is 8.37. The molecule has 0 aliphatic rings. The highest BCUT2D eigenvalue weighted by Crippen LogP contribution is 2.36. The average molecular weight is 426 g/mol. The van der Waals surface area contributed by atoms with E-state index in [0.29, 0.717) is 0 Å². The Kier molecular flexibility index (Phi) is 9.19. The molecule has 2 aromatic carbocycles. The van der Waals surface area contributed by atoms with E-state index < -0.39 is 0 Å². The summed E-state index contributed by atoms with van der Waals surface area (Å²) in [5.41, 5.74) is 2.09. The van der Waals surface area contributed by atoms with Gasteiger partial charge in [0, 0.05) is 12.5 Å². The smallest absolute Gasteiger partial charge is 0.137 e. The molecular weight excluding hydrogens is 392 g/mol. The van der Waals surface area contributed by atoms with Crippen LogP contribution < -0.4 is 0 Å². The lowest BCUT2D eigenvalue weighted by molar-refractivity contribution is 0.342. The van der Waals surface area contributed by atoms with Gasteiger partial charge in [0.15, 0.2) is 0 Å². The SMILES string of the molecule is CCCCCCCCCC(Cn1cncn1)C(c1ccc(F)cc1)c1ccc(F)cc1. The van der Waals surface area contributed by atoms with Crippen LogP contribution in [0.25, 0.3) is 0 Å². The van der Waals surface area contributed by atoms with Crippen molar-refractivity contribution in [2.24, 2.45) is 5.92 Å². The normalized spacial score (nSPS) is 12.4. The second-order valence-electron chi connectivity index (χ2n) is 8.37. The fourth-order valence-electron chi connectivity index (χ4n) is 4.37. The van der Waals surface area contributed by atoms with Crippen molar-refractivity contribution in [3.63, 3.8) is 0 Å². The Morgan fingerprint density at radius 1 is 0.774 bits per heavy atom. The molecule has 3 aromatic rings. The number of aromatic nitrogens is 3. The van der Waals surface area contributed by atoms with Crippen molar-refractivity contribution < 1.29 is 8.78 Å². The minimum Gasteiger partial charge on any atom is -0.253 e. The van der Waals surface area contributed by atoms with Crippen LogP contribution in [0.4, 0.5) is 8.78 Å². The maximum absolute atomic E-state index is 13.6. The van der Waals surface area contributed by atoms with Crippen LogP contribution in [-0.2, 0) is 6.54 Å². The molecule has 0 N–H and O–H groups in total. The Bertz CT molecular complexity index is 815. The number of halogens is 2. The van der Waals surface area contributed by atoms with E-state index in [-0.39, 0.29) is 23.5 Å². The molecule has 0 amide bonds. The van der Waals surface area contributed by atoms with Gasteiger partial charge in [0.1, 0.15) is 24.3 Å². The molecule has 0 bridgehead atoms. The van der Waals surface area contributed by atoms with Crippen LogP contribution in [0, 0.1) is 17.6 Å². The van der Waals surface area contributed by atoms with Crippen LogP contribution in [0.5, 0.6) is 0 Å². The van der Waals surface area contributed by atoms with Gasteiger partial charge in [-0.05, 0) is 47.7 Å². The van der Waals surface area contributed by atoms with E-state index in [9.17, 15) is 8.78 Å². The highest BCUT2D eigenvalue weighted by molar-refractivity contribution is 5.33. The minimum atomic E-state index is -0.249. The van der Waals surface area contributed by atoms with Gasteiger partial charge in [-0.25, -0.2) is 13.8 Å². The van der Waals surface area contributed by atoms with Crippen molar-refractivity contribution in [1.29, 1.82) is 0 Å². The molecule has 3 nitrogen and oxygen atoms in total. The van der Waals surface area contributed by atoms with E-state index >= 15 is 0 Å². The maximum atomic E-state index is 13.6. The predicted molar refractivity (Wildman–Crippen MR) is 121 cm³/mol. The molecule has 0 fully saturated rings. The summed E-state index contributed by atoms with van der Waals surface area (Å²) in [6, 6.07) is 13.4. The standard InChI is InChI=1S/C26H33F2N3/c1-2-3-4-5-6-7-8-9-23(18-31-20-29-19-30-31)26(21-10-14-24(27)15-11-21)22-12-16-25(28)17-13-22/h10-17,19-20,23,26H,2-9,18H2,1H3. The summed E-state index contributed by atoms with van der Waals surface area (Å²) < 4.78 is 29.1. The van der Waals surface area contributed by atoms with Gasteiger partial charge >= 0.3 is 0 Å². The van der Waals surface area contributed by atoms with E-state index in [4.69, 9.17) is 0 Å². The Morgan fingerprint density at radius 3 is 1.84 bits per heavy atom. The van der Waals surface area contributed by atoms with Crippen molar-refractivity contribution in [3.8, 4) is 0 Å². The number of nitrogens with zero attached hydrogens (tertiary/aromatic N) is 3. The second kappa shape index (κ2) is 12.3. The van der Waals surface area contributed by atoms with Gasteiger partial charge in [-0.1, -0.05) is 76.1 Å². The summed E-state index contributed by atoms with van der Waals surface area (Å²) in [6.07, 6.45) is 13.1. The maximum Gasteiger partial charge on any atom is 0.137 e. The predicted octanol–water partition coefficient (Wildman–Crippen LogP) is 7.15. The third-order valence-corrected chi connectivity index (χ3v) is 6.00. The van der Waals surface area contributed by atoms with E-state index in [1.807, 2.05) is 28.9 Å². The Hall–Kier alpha value is -2.56. The molecule has 0 radical (unpaired) electrons. The summed E-state index contributed by atoms with van der Waals surface area (Å²) in [5, 5.41) is 4.32. The molecule has 1 heterocycles. The lowest BCUT2D eigenvalue weighted by Crippen LogP contribution is -2.21. The monoisotopic (exact) mass is 425 g/mol. The molecule has 1 aromatic heterocycles. The summed E-state index contributed by atoms with van der Waals surface area (Å²) in [6.45, 7) is 2.95. The van der Waals surface area contributed by atoms with E-state index in [1.54, 1.807) is 12.7 Å². The van der Waals surface area contributed by atoms with Crippen molar-refractivity contribution in [1.82, 2.24) is 14.8 Å². The van der Waals surface area contributed by atoms with Gasteiger partial charge in [0.25, 0.3) is 0 Å². The van der Waals surface area contributed by atoms with Crippen molar-refractivity contribution in [2.45, 2.75) is 70.8 Å². The third-order valence-electron chi connectivity index (χ3n) is 6.00. The van der Waals surface area contributed by atoms with Crippen molar-refractivity contribution in [3.05, 3.63) is 83.9 Å². The minimum absolute atomic E-state index is 0.0329. The molecule has 0 saturated carbocycles. The van der Waals surface area contributed by atoms with Crippen LogP contribution in [-0.4, -0.2) is 14.8 Å². The third kappa shape index (κ3) is 7.27. The Morgan fingerprint density at radius 2 is 1.32 bits per heavy atom. The van der Waals surface area contributed by atoms with Crippen LogP contribution >= 0.6 is 0 Å². The molecular formula is C26H33F2N3. The number of benzene rings is 2. The molecule has 166 valence electrons. The highest BCUT2D eigenvalue weighted by Gasteiger charge is 2.26. The quantitative estimate of drug-likeness (QED) is 0.272. The first kappa shape index (κ1) is 23.1. The Balaban J connectivity index is 1.79. The number of unbranched alkanes of at least 4 members (excludes halogenated alkanes) is 6. The van der Waals surface area contributed by atoms with E-state index in [0.717, 1.165) is 30.5 Å². The zero-order valence-electron chi connectivity index (χ0n) is 18.4. The first-order valence-corrected chi connectivity index (χ1v) is 11.5. The first-order valence-electron chi connectivity index (χ1n) is 11.5. The lowest BCUT2D eigenvalue weighted by Gasteiger charge is -2.28. The molecule has 0 saturated heterocycles. The van der Waals surface area contributed by atoms with Gasteiger partial charge in [0.2, 0.25) is 0 Å². The molecule has 0 spiro atoms. The fraction of sp³-hybridized carbons (Fsp3) is 0.462. The van der Waals surface area contributed by atoms with E-state index in [1.165, 1.54) is 62.8 Å². The fourth-order valence-corrected chi connectivity index (χ4v) is 4.37. The van der Waals surface area contributed by atoms with Crippen LogP contribution in [0.3, 0.4) is 0 Å². The summed E-state index contributed by atoms with van der Waals surface area (Å²) >= 11 is 0. The molecule has 1 unspecified atom stereocenters. The molecule has 31 heavy (non-hydrogen) atoms. The first-order chi connectivity index (χ1) is 15.2. The lowest BCUT2D eigenvalue weighted by atomic mass is 9.78. The van der Waals surface area contributed by atoms with E-state index in [2.05, 4.69) is 17.0 Å². The summed E-state index contributed by atoms with van der Waals surface area (Å²) in [4.78, 5) is 4.09. The van der Waals surface area contributed by atoms with Gasteiger partial charge in [-0.2, -0.15) is 5.10 Å². The van der Waals surface area contributed by atoms with Gasteiger partial charge < -0.3 is 0 Å². The van der Waals surface area contributed by atoms with Crippen LogP contribution in [0.1, 0.15) is 75.3 Å². The van der Waals surface area contributed by atoms with Gasteiger partial charge in [-0.15, -0.1) is 0 Å². The van der Waals surface area contributed by atoms with Crippen molar-refractivity contribution in [2.75, 3.05) is 0 Å². The van der Waals surface area contributed by atoms with Crippen LogP contribution in [0.2, 0.25) is 0 Å². The highest BCUT2D eigenvalue weighted by atomic mass is 19.1. The Labute approximate surface area is 184 Å². The van der Waals surface area contributed by atoms with Gasteiger partial charge in [0.05, 0.1) is 0 Å². The van der Waals surface area contributed by atoms with Gasteiger partial charge in [-0.3, -0.25) is 4.68 Å².